The molecule has 0 spiro atoms. The summed E-state index contributed by atoms with van der Waals surface area (Å²) in [5.41, 5.74) is -0.387. The molecule has 7 nitrogen and oxygen atoms in total. The number of ketones is 1. The zero-order chi connectivity index (χ0) is 19.4. The lowest BCUT2D eigenvalue weighted by atomic mass is 9.99. The molecule has 1 aliphatic heterocycles. The molecule has 0 amide bonds. The van der Waals surface area contributed by atoms with Gasteiger partial charge in [-0.1, -0.05) is 29.8 Å². The number of aliphatic hydroxyl groups excluding tert-OH is 2. The van der Waals surface area contributed by atoms with Crippen LogP contribution in [0.5, 0.6) is 11.5 Å². The molecule has 0 saturated carbocycles. The number of ether oxygens (including phenoxy) is 1. The van der Waals surface area contributed by atoms with Gasteiger partial charge in [-0.3, -0.25) is 4.79 Å². The van der Waals surface area contributed by atoms with E-state index in [-0.39, 0.29) is 29.0 Å². The molecule has 0 aliphatic carbocycles. The maximum absolute atomic E-state index is 12.5. The maximum Gasteiger partial charge on any atom is 0.342 e. The van der Waals surface area contributed by atoms with Crippen molar-refractivity contribution >= 4 is 23.4 Å². The molecule has 1 heterocycles. The number of phenols is 2. The molecule has 1 aromatic rings. The number of cyclic esters (lactones) is 1. The normalized spacial score (nSPS) is 27.2. The predicted molar refractivity (Wildman–Crippen MR) is 93.3 cm³/mol. The van der Waals surface area contributed by atoms with E-state index in [1.807, 2.05) is 0 Å². The van der Waals surface area contributed by atoms with Gasteiger partial charge in [-0.05, 0) is 13.0 Å². The van der Waals surface area contributed by atoms with Crippen LogP contribution in [0.1, 0.15) is 29.3 Å². The first-order valence-electron chi connectivity index (χ1n) is 7.88. The minimum atomic E-state index is -1.20. The van der Waals surface area contributed by atoms with Gasteiger partial charge in [-0.15, -0.1) is 0 Å². The standard InChI is InChI=1S/C18H19ClO7/c1-9-6-13(22)12(21)5-3-2-4-10(20)7-11-16(18(25)26-9)14(23)8-15(24)17(11)19/h2-5,8-9,12-13,21-24H,6-7H2,1H3/b4-2-,5-3-/t9-,12+,13-/m1/s1. The summed E-state index contributed by atoms with van der Waals surface area (Å²) in [6, 6.07) is 0.887. The zero-order valence-corrected chi connectivity index (χ0v) is 14.7. The SMILES string of the molecule is C[C@@H]1C[C@@H](O)[C@@H](O)/C=C\C=C/C(=O)Cc2c(Cl)c(O)cc(O)c2C(=O)O1. The van der Waals surface area contributed by atoms with E-state index in [0.29, 0.717) is 0 Å². The summed E-state index contributed by atoms with van der Waals surface area (Å²) in [4.78, 5) is 24.6. The number of carbonyl (C=O) groups excluding carboxylic acids is 2. The minimum Gasteiger partial charge on any atom is -0.507 e. The van der Waals surface area contributed by atoms with E-state index in [2.05, 4.69) is 0 Å². The second-order valence-corrected chi connectivity index (χ2v) is 6.36. The molecule has 140 valence electrons. The number of rotatable bonds is 0. The fraction of sp³-hybridized carbons (Fsp3) is 0.333. The second-order valence-electron chi connectivity index (χ2n) is 5.98. The van der Waals surface area contributed by atoms with Crippen LogP contribution in [-0.4, -0.2) is 50.5 Å². The van der Waals surface area contributed by atoms with E-state index in [1.54, 1.807) is 0 Å². The number of carbonyl (C=O) groups is 2. The Morgan fingerprint density at radius 1 is 1.15 bits per heavy atom. The van der Waals surface area contributed by atoms with E-state index < -0.39 is 41.6 Å². The van der Waals surface area contributed by atoms with Crippen LogP contribution in [0.2, 0.25) is 5.02 Å². The largest absolute Gasteiger partial charge is 0.507 e. The number of halogens is 1. The number of fused-ring (bicyclic) bond motifs is 1. The lowest BCUT2D eigenvalue weighted by Crippen LogP contribution is -2.30. The van der Waals surface area contributed by atoms with Crippen molar-refractivity contribution in [3.8, 4) is 11.5 Å². The van der Waals surface area contributed by atoms with Crippen LogP contribution in [0.15, 0.2) is 30.4 Å². The van der Waals surface area contributed by atoms with Crippen LogP contribution in [0, 0.1) is 0 Å². The highest BCUT2D eigenvalue weighted by Gasteiger charge is 2.27. The van der Waals surface area contributed by atoms with Crippen LogP contribution in [-0.2, 0) is 16.0 Å². The van der Waals surface area contributed by atoms with Gasteiger partial charge < -0.3 is 25.2 Å². The molecule has 0 bridgehead atoms. The Morgan fingerprint density at radius 3 is 2.54 bits per heavy atom. The zero-order valence-electron chi connectivity index (χ0n) is 13.9. The third-order valence-corrected chi connectivity index (χ3v) is 4.28. The van der Waals surface area contributed by atoms with Gasteiger partial charge in [-0.2, -0.15) is 0 Å². The van der Waals surface area contributed by atoms with Gasteiger partial charge in [0.15, 0.2) is 5.78 Å². The molecular formula is C18H19ClO7. The Hall–Kier alpha value is -2.35. The Bertz CT molecular complexity index is 769. The number of esters is 1. The van der Waals surface area contributed by atoms with Crippen LogP contribution in [0.25, 0.3) is 0 Å². The molecule has 2 rings (SSSR count). The maximum atomic E-state index is 12.5. The fourth-order valence-electron chi connectivity index (χ4n) is 2.55. The highest BCUT2D eigenvalue weighted by atomic mass is 35.5. The van der Waals surface area contributed by atoms with E-state index in [9.17, 15) is 30.0 Å². The summed E-state index contributed by atoms with van der Waals surface area (Å²) in [6.45, 7) is 1.51. The molecule has 1 aromatic carbocycles. The number of phenolic OH excluding ortho intramolecular Hbond substituents is 2. The first kappa shape index (κ1) is 20.0. The molecule has 0 fully saturated rings. The molecular weight excluding hydrogens is 364 g/mol. The van der Waals surface area contributed by atoms with Gasteiger partial charge in [0.05, 0.1) is 17.2 Å². The second kappa shape index (κ2) is 8.35. The number of hydrogen-bond donors (Lipinski definition) is 4. The minimum absolute atomic E-state index is 0.0538. The molecule has 1 aliphatic rings. The smallest absolute Gasteiger partial charge is 0.342 e. The summed E-state index contributed by atoms with van der Waals surface area (Å²) in [5, 5.41) is 39.4. The van der Waals surface area contributed by atoms with Crippen molar-refractivity contribution in [1.29, 1.82) is 0 Å². The summed E-state index contributed by atoms with van der Waals surface area (Å²) >= 11 is 6.01. The molecule has 3 atom stereocenters. The highest BCUT2D eigenvalue weighted by molar-refractivity contribution is 6.33. The number of benzene rings is 1. The number of allylic oxidation sites excluding steroid dienone is 3. The van der Waals surface area contributed by atoms with E-state index in [1.165, 1.54) is 31.2 Å². The average molecular weight is 383 g/mol. The Labute approximate surface area is 154 Å². The summed E-state index contributed by atoms with van der Waals surface area (Å²) < 4.78 is 5.19. The van der Waals surface area contributed by atoms with Crippen molar-refractivity contribution in [1.82, 2.24) is 0 Å². The Balaban J connectivity index is 2.51. The molecule has 0 aromatic heterocycles. The van der Waals surface area contributed by atoms with Crippen molar-refractivity contribution in [2.24, 2.45) is 0 Å². The van der Waals surface area contributed by atoms with Crippen molar-refractivity contribution in [3.05, 3.63) is 46.5 Å². The van der Waals surface area contributed by atoms with Gasteiger partial charge in [0.25, 0.3) is 0 Å². The van der Waals surface area contributed by atoms with Gasteiger partial charge in [-0.25, -0.2) is 4.79 Å². The van der Waals surface area contributed by atoms with Gasteiger partial charge >= 0.3 is 5.97 Å². The molecule has 8 heteroatoms. The molecule has 26 heavy (non-hydrogen) atoms. The topological polar surface area (TPSA) is 124 Å². The first-order valence-corrected chi connectivity index (χ1v) is 8.26. The first-order chi connectivity index (χ1) is 12.2. The summed E-state index contributed by atoms with van der Waals surface area (Å²) in [7, 11) is 0. The number of aromatic hydroxyl groups is 2. The molecule has 0 saturated heterocycles. The third kappa shape index (κ3) is 4.63. The van der Waals surface area contributed by atoms with Gasteiger partial charge in [0.1, 0.15) is 23.2 Å². The van der Waals surface area contributed by atoms with Crippen LogP contribution >= 0.6 is 11.6 Å². The van der Waals surface area contributed by atoms with Crippen molar-refractivity contribution < 1.29 is 34.8 Å². The predicted octanol–water partition coefficient (Wildman–Crippen LogP) is 1.65. The van der Waals surface area contributed by atoms with Crippen LogP contribution < -0.4 is 0 Å². The van der Waals surface area contributed by atoms with E-state index >= 15 is 0 Å². The van der Waals surface area contributed by atoms with E-state index in [4.69, 9.17) is 16.3 Å². The molecule has 0 radical (unpaired) electrons. The molecule has 0 unspecified atom stereocenters. The summed E-state index contributed by atoms with van der Waals surface area (Å²) in [6.07, 6.45) is 1.64. The van der Waals surface area contributed by atoms with Crippen molar-refractivity contribution in [3.63, 3.8) is 0 Å². The Morgan fingerprint density at radius 2 is 1.85 bits per heavy atom. The quantitative estimate of drug-likeness (QED) is 0.503. The lowest BCUT2D eigenvalue weighted by Gasteiger charge is -2.21. The Kier molecular flexibility index (Phi) is 6.42. The number of hydrogen-bond acceptors (Lipinski definition) is 7. The average Bonchev–Trinajstić information content (AvgIpc) is 2.54. The van der Waals surface area contributed by atoms with Crippen LogP contribution in [0.3, 0.4) is 0 Å². The van der Waals surface area contributed by atoms with E-state index in [0.717, 1.165) is 6.07 Å². The van der Waals surface area contributed by atoms with Crippen molar-refractivity contribution in [2.45, 2.75) is 38.1 Å². The monoisotopic (exact) mass is 382 g/mol. The van der Waals surface area contributed by atoms with Gasteiger partial charge in [0, 0.05) is 24.5 Å². The summed E-state index contributed by atoms with van der Waals surface area (Å²) in [5.74, 6) is -2.47. The number of aliphatic hydroxyl groups is 2. The third-order valence-electron chi connectivity index (χ3n) is 3.85. The van der Waals surface area contributed by atoms with Crippen LogP contribution in [0.4, 0.5) is 0 Å². The van der Waals surface area contributed by atoms with Crippen molar-refractivity contribution in [2.75, 3.05) is 0 Å². The highest BCUT2D eigenvalue weighted by Crippen LogP contribution is 2.37. The lowest BCUT2D eigenvalue weighted by molar-refractivity contribution is -0.114. The fourth-order valence-corrected chi connectivity index (χ4v) is 2.77. The molecule has 4 N–H and O–H groups in total. The van der Waals surface area contributed by atoms with Gasteiger partial charge in [0.2, 0.25) is 0 Å².